The van der Waals surface area contributed by atoms with E-state index in [1.807, 2.05) is 12.1 Å². The van der Waals surface area contributed by atoms with Crippen LogP contribution in [0.3, 0.4) is 0 Å². The Morgan fingerprint density at radius 3 is 2.87 bits per heavy atom. The summed E-state index contributed by atoms with van der Waals surface area (Å²) in [6.45, 7) is 0.498. The number of hydrogen-bond donors (Lipinski definition) is 1. The maximum absolute atomic E-state index is 5.76. The van der Waals surface area contributed by atoms with E-state index in [0.29, 0.717) is 12.5 Å². The third-order valence-electron chi connectivity index (χ3n) is 2.94. The van der Waals surface area contributed by atoms with Gasteiger partial charge in [0.1, 0.15) is 11.3 Å². The molecule has 1 aliphatic rings. The first-order valence-electron chi connectivity index (χ1n) is 5.20. The highest BCUT2D eigenvalue weighted by molar-refractivity contribution is 9.10. The highest BCUT2D eigenvalue weighted by Crippen LogP contribution is 2.46. The summed E-state index contributed by atoms with van der Waals surface area (Å²) in [4.78, 5) is 0. The number of furan rings is 1. The van der Waals surface area contributed by atoms with Gasteiger partial charge in [-0.1, -0.05) is 15.9 Å². The third kappa shape index (κ3) is 1.50. The van der Waals surface area contributed by atoms with Gasteiger partial charge in [0.05, 0.1) is 6.54 Å². The molecule has 1 heterocycles. The number of fused-ring (bicyclic) bond motifs is 1. The molecule has 2 nitrogen and oxygen atoms in total. The second-order valence-corrected chi connectivity index (χ2v) is 4.97. The van der Waals surface area contributed by atoms with Crippen LogP contribution in [0, 0.1) is 0 Å². The van der Waals surface area contributed by atoms with Gasteiger partial charge in [0.2, 0.25) is 0 Å². The molecule has 2 N–H and O–H groups in total. The monoisotopic (exact) mass is 265 g/mol. The highest BCUT2D eigenvalue weighted by atomic mass is 79.9. The van der Waals surface area contributed by atoms with E-state index in [9.17, 15) is 0 Å². The van der Waals surface area contributed by atoms with Crippen molar-refractivity contribution < 1.29 is 4.42 Å². The molecule has 2 aromatic rings. The van der Waals surface area contributed by atoms with Gasteiger partial charge in [-0.25, -0.2) is 0 Å². The molecule has 1 saturated carbocycles. The minimum absolute atomic E-state index is 0.498. The largest absolute Gasteiger partial charge is 0.459 e. The standard InChI is InChI=1S/C12H12BrNO/c13-8-3-4-10-9(5-8)12(7-1-2-7)11(6-14)15-10/h3-5,7H,1-2,6,14H2. The third-order valence-corrected chi connectivity index (χ3v) is 3.43. The average Bonchev–Trinajstić information content (AvgIpc) is 2.99. The predicted molar refractivity (Wildman–Crippen MR) is 63.8 cm³/mol. The average molecular weight is 266 g/mol. The van der Waals surface area contributed by atoms with Crippen molar-refractivity contribution in [3.8, 4) is 0 Å². The molecule has 0 amide bonds. The second-order valence-electron chi connectivity index (χ2n) is 4.06. The van der Waals surface area contributed by atoms with E-state index in [0.717, 1.165) is 15.8 Å². The number of benzene rings is 1. The zero-order chi connectivity index (χ0) is 10.4. The topological polar surface area (TPSA) is 39.2 Å². The maximum atomic E-state index is 5.76. The van der Waals surface area contributed by atoms with Crippen molar-refractivity contribution in [1.82, 2.24) is 0 Å². The summed E-state index contributed by atoms with van der Waals surface area (Å²) in [5, 5.41) is 1.23. The number of rotatable bonds is 2. The van der Waals surface area contributed by atoms with Crippen LogP contribution in [-0.4, -0.2) is 0 Å². The van der Waals surface area contributed by atoms with E-state index in [4.69, 9.17) is 10.2 Å². The first-order valence-corrected chi connectivity index (χ1v) is 6.00. The Kier molecular flexibility index (Phi) is 2.11. The van der Waals surface area contributed by atoms with Crippen LogP contribution < -0.4 is 5.73 Å². The van der Waals surface area contributed by atoms with Crippen molar-refractivity contribution in [1.29, 1.82) is 0 Å². The SMILES string of the molecule is NCc1oc2ccc(Br)cc2c1C1CC1. The molecule has 3 rings (SSSR count). The Balaban J connectivity index is 2.30. The molecule has 1 fully saturated rings. The first-order chi connectivity index (χ1) is 7.29. The maximum Gasteiger partial charge on any atom is 0.134 e. The molecule has 0 atom stereocenters. The Labute approximate surface area is 96.6 Å². The number of nitrogens with two attached hydrogens (primary N) is 1. The van der Waals surface area contributed by atoms with Crippen LogP contribution in [0.4, 0.5) is 0 Å². The molecule has 0 saturated heterocycles. The van der Waals surface area contributed by atoms with Gasteiger partial charge in [0, 0.05) is 15.4 Å². The lowest BCUT2D eigenvalue weighted by atomic mass is 10.1. The van der Waals surface area contributed by atoms with Crippen LogP contribution >= 0.6 is 15.9 Å². The van der Waals surface area contributed by atoms with Crippen LogP contribution in [0.25, 0.3) is 11.0 Å². The van der Waals surface area contributed by atoms with Gasteiger partial charge in [-0.2, -0.15) is 0 Å². The zero-order valence-corrected chi connectivity index (χ0v) is 9.88. The minimum Gasteiger partial charge on any atom is -0.459 e. The van der Waals surface area contributed by atoms with Crippen molar-refractivity contribution in [2.75, 3.05) is 0 Å². The fraction of sp³-hybridized carbons (Fsp3) is 0.333. The van der Waals surface area contributed by atoms with Gasteiger partial charge in [0.25, 0.3) is 0 Å². The van der Waals surface area contributed by atoms with Crippen molar-refractivity contribution in [3.63, 3.8) is 0 Å². The molecule has 0 spiro atoms. The summed E-state index contributed by atoms with van der Waals surface area (Å²) in [7, 11) is 0. The molecule has 0 radical (unpaired) electrons. The van der Waals surface area contributed by atoms with E-state index in [-0.39, 0.29) is 0 Å². The van der Waals surface area contributed by atoms with Crippen LogP contribution in [0.5, 0.6) is 0 Å². The highest BCUT2D eigenvalue weighted by Gasteiger charge is 2.30. The van der Waals surface area contributed by atoms with Gasteiger partial charge >= 0.3 is 0 Å². The van der Waals surface area contributed by atoms with Gasteiger partial charge in [-0.3, -0.25) is 0 Å². The molecule has 15 heavy (non-hydrogen) atoms. The van der Waals surface area contributed by atoms with E-state index in [1.54, 1.807) is 0 Å². The molecule has 78 valence electrons. The summed E-state index contributed by atoms with van der Waals surface area (Å²) in [6, 6.07) is 6.14. The fourth-order valence-corrected chi connectivity index (χ4v) is 2.47. The number of halogens is 1. The Bertz CT molecular complexity index is 514. The van der Waals surface area contributed by atoms with E-state index >= 15 is 0 Å². The normalized spacial score (nSPS) is 16.1. The molecule has 0 bridgehead atoms. The predicted octanol–water partition coefficient (Wildman–Crippen LogP) is 3.53. The quantitative estimate of drug-likeness (QED) is 0.903. The van der Waals surface area contributed by atoms with Crippen LogP contribution in [0.15, 0.2) is 27.1 Å². The molecule has 0 unspecified atom stereocenters. The molecule has 0 aliphatic heterocycles. The van der Waals surface area contributed by atoms with Crippen LogP contribution in [-0.2, 0) is 6.54 Å². The lowest BCUT2D eigenvalue weighted by Gasteiger charge is -1.97. The van der Waals surface area contributed by atoms with Gasteiger partial charge in [-0.15, -0.1) is 0 Å². The molecular formula is C12H12BrNO. The molecular weight excluding hydrogens is 254 g/mol. The Hall–Kier alpha value is -0.800. The van der Waals surface area contributed by atoms with E-state index < -0.39 is 0 Å². The number of hydrogen-bond acceptors (Lipinski definition) is 2. The first kappa shape index (κ1) is 9.43. The lowest BCUT2D eigenvalue weighted by Crippen LogP contribution is -1.97. The van der Waals surface area contributed by atoms with Gasteiger partial charge in [0.15, 0.2) is 0 Å². The summed E-state index contributed by atoms with van der Waals surface area (Å²) in [5.41, 5.74) is 8.01. The summed E-state index contributed by atoms with van der Waals surface area (Å²) >= 11 is 3.49. The van der Waals surface area contributed by atoms with Gasteiger partial charge < -0.3 is 10.2 Å². The smallest absolute Gasteiger partial charge is 0.134 e. The van der Waals surface area contributed by atoms with Crippen LogP contribution in [0.1, 0.15) is 30.1 Å². The zero-order valence-electron chi connectivity index (χ0n) is 8.29. The van der Waals surface area contributed by atoms with Gasteiger partial charge in [-0.05, 0) is 37.0 Å². The summed E-state index contributed by atoms with van der Waals surface area (Å²) in [5.74, 6) is 1.64. The Morgan fingerprint density at radius 1 is 1.40 bits per heavy atom. The summed E-state index contributed by atoms with van der Waals surface area (Å²) < 4.78 is 6.86. The van der Waals surface area contributed by atoms with Crippen molar-refractivity contribution >= 4 is 26.9 Å². The van der Waals surface area contributed by atoms with Crippen LogP contribution in [0.2, 0.25) is 0 Å². The molecule has 1 aliphatic carbocycles. The van der Waals surface area contributed by atoms with Crippen molar-refractivity contribution in [2.24, 2.45) is 5.73 Å². The lowest BCUT2D eigenvalue weighted by molar-refractivity contribution is 0.546. The fourth-order valence-electron chi connectivity index (χ4n) is 2.11. The van der Waals surface area contributed by atoms with Crippen molar-refractivity contribution in [3.05, 3.63) is 34.0 Å². The molecule has 3 heteroatoms. The van der Waals surface area contributed by atoms with Crippen molar-refractivity contribution in [2.45, 2.75) is 25.3 Å². The molecule has 1 aromatic heterocycles. The molecule has 1 aromatic carbocycles. The second kappa shape index (κ2) is 3.35. The van der Waals surface area contributed by atoms with E-state index in [1.165, 1.54) is 23.8 Å². The summed E-state index contributed by atoms with van der Waals surface area (Å²) in [6.07, 6.45) is 2.54. The van der Waals surface area contributed by atoms with E-state index in [2.05, 4.69) is 22.0 Å². The Morgan fingerprint density at radius 2 is 2.20 bits per heavy atom. The minimum atomic E-state index is 0.498.